The molecule has 0 unspecified atom stereocenters. The van der Waals surface area contributed by atoms with Crippen molar-refractivity contribution < 1.29 is 9.90 Å². The molecule has 2 saturated carbocycles. The van der Waals surface area contributed by atoms with E-state index in [1.807, 2.05) is 0 Å². The third kappa shape index (κ3) is 2.74. The number of hydrogen-bond donors (Lipinski definition) is 3. The minimum atomic E-state index is -0.172. The van der Waals surface area contributed by atoms with E-state index in [2.05, 4.69) is 5.32 Å². The van der Waals surface area contributed by atoms with Crippen LogP contribution in [0.5, 0.6) is 0 Å². The number of nitrogens with two attached hydrogens (primary N) is 1. The maximum atomic E-state index is 11.0. The lowest BCUT2D eigenvalue weighted by atomic mass is 9.85. The van der Waals surface area contributed by atoms with Crippen molar-refractivity contribution in [2.75, 3.05) is 0 Å². The Kier molecular flexibility index (Phi) is 3.82. The number of amides is 1. The molecule has 0 spiro atoms. The van der Waals surface area contributed by atoms with Gasteiger partial charge < -0.3 is 16.2 Å². The number of aliphatic hydroxyl groups is 1. The molecule has 2 rings (SSSR count). The normalized spacial score (nSPS) is 39.8. The molecule has 0 bridgehead atoms. The van der Waals surface area contributed by atoms with Gasteiger partial charge in [0.2, 0.25) is 5.91 Å². The van der Waals surface area contributed by atoms with Crippen LogP contribution in [0.2, 0.25) is 0 Å². The summed E-state index contributed by atoms with van der Waals surface area (Å²) in [6, 6.07) is 0.739. The highest BCUT2D eigenvalue weighted by Crippen LogP contribution is 2.26. The Labute approximate surface area is 96.6 Å². The highest BCUT2D eigenvalue weighted by atomic mass is 16.3. The molecule has 0 aliphatic heterocycles. The Bertz CT molecular complexity index is 249. The summed E-state index contributed by atoms with van der Waals surface area (Å²) >= 11 is 0. The van der Waals surface area contributed by atoms with Crippen molar-refractivity contribution in [2.24, 2.45) is 11.7 Å². The molecule has 1 amide bonds. The molecule has 0 saturated heterocycles. The molecule has 0 radical (unpaired) electrons. The average molecular weight is 226 g/mol. The molecule has 0 aromatic rings. The van der Waals surface area contributed by atoms with E-state index < -0.39 is 0 Å². The average Bonchev–Trinajstić information content (AvgIpc) is 2.65. The lowest BCUT2D eigenvalue weighted by molar-refractivity contribution is -0.122. The second-order valence-electron chi connectivity index (χ2n) is 5.22. The summed E-state index contributed by atoms with van der Waals surface area (Å²) in [6.07, 6.45) is 6.77. The summed E-state index contributed by atoms with van der Waals surface area (Å²) in [5.74, 6) is -0.0779. The molecule has 2 fully saturated rings. The fourth-order valence-electron chi connectivity index (χ4n) is 2.98. The molecule has 2 atom stereocenters. The molecule has 0 aromatic carbocycles. The molecule has 0 aromatic heterocycles. The minimum Gasteiger partial charge on any atom is -0.392 e. The number of carbonyl (C=O) groups is 1. The number of hydrogen-bond acceptors (Lipinski definition) is 3. The predicted octanol–water partition coefficient (Wildman–Crippen LogP) is 0.533. The summed E-state index contributed by atoms with van der Waals surface area (Å²) in [5, 5.41) is 13.2. The van der Waals surface area contributed by atoms with Gasteiger partial charge in [-0.2, -0.15) is 0 Å². The zero-order valence-corrected chi connectivity index (χ0v) is 9.69. The molecular formula is C12H22N2O2. The molecule has 92 valence electrons. The molecule has 4 N–H and O–H groups in total. The number of rotatable bonds is 3. The van der Waals surface area contributed by atoms with Gasteiger partial charge >= 0.3 is 0 Å². The van der Waals surface area contributed by atoms with Crippen LogP contribution in [0.3, 0.4) is 0 Å². The van der Waals surface area contributed by atoms with Crippen LogP contribution in [0, 0.1) is 5.92 Å². The predicted molar refractivity (Wildman–Crippen MR) is 61.7 cm³/mol. The highest BCUT2D eigenvalue weighted by molar-refractivity contribution is 5.76. The first-order valence-corrected chi connectivity index (χ1v) is 6.40. The van der Waals surface area contributed by atoms with E-state index in [1.165, 1.54) is 0 Å². The number of primary amides is 1. The molecule has 4 nitrogen and oxygen atoms in total. The van der Waals surface area contributed by atoms with Crippen molar-refractivity contribution in [3.8, 4) is 0 Å². The Morgan fingerprint density at radius 2 is 1.81 bits per heavy atom. The SMILES string of the molecule is NC(=O)C1CCC(N[C@H]2CCC[C@@H]2O)CC1. The van der Waals surface area contributed by atoms with E-state index in [0.29, 0.717) is 6.04 Å². The van der Waals surface area contributed by atoms with Crippen molar-refractivity contribution >= 4 is 5.91 Å². The standard InChI is InChI=1S/C12H22N2O2/c13-12(16)8-4-6-9(7-5-8)14-10-2-1-3-11(10)15/h8-11,14-15H,1-7H2,(H2,13,16)/t8?,9?,10-,11-/m0/s1. The summed E-state index contributed by atoms with van der Waals surface area (Å²) in [4.78, 5) is 11.0. The monoisotopic (exact) mass is 226 g/mol. The van der Waals surface area contributed by atoms with Crippen LogP contribution in [0.1, 0.15) is 44.9 Å². The second kappa shape index (κ2) is 5.15. The van der Waals surface area contributed by atoms with Crippen LogP contribution >= 0.6 is 0 Å². The zero-order valence-electron chi connectivity index (χ0n) is 9.69. The molecule has 0 heterocycles. The van der Waals surface area contributed by atoms with Crippen molar-refractivity contribution in [3.05, 3.63) is 0 Å². The Balaban J connectivity index is 1.74. The van der Waals surface area contributed by atoms with E-state index >= 15 is 0 Å². The topological polar surface area (TPSA) is 75.4 Å². The lowest BCUT2D eigenvalue weighted by Gasteiger charge is -2.30. The van der Waals surface area contributed by atoms with Gasteiger partial charge in [0.1, 0.15) is 0 Å². The lowest BCUT2D eigenvalue weighted by Crippen LogP contribution is -2.45. The fraction of sp³-hybridized carbons (Fsp3) is 0.917. The first-order chi connectivity index (χ1) is 7.66. The third-order valence-electron chi connectivity index (χ3n) is 4.06. The van der Waals surface area contributed by atoms with Crippen molar-refractivity contribution in [1.82, 2.24) is 5.32 Å². The Morgan fingerprint density at radius 3 is 2.31 bits per heavy atom. The van der Waals surface area contributed by atoms with Gasteiger partial charge in [-0.25, -0.2) is 0 Å². The van der Waals surface area contributed by atoms with Crippen LogP contribution in [0.25, 0.3) is 0 Å². The quantitative estimate of drug-likeness (QED) is 0.657. The van der Waals surface area contributed by atoms with Gasteiger partial charge in [0.25, 0.3) is 0 Å². The van der Waals surface area contributed by atoms with Crippen LogP contribution in [0.15, 0.2) is 0 Å². The van der Waals surface area contributed by atoms with Crippen LogP contribution in [-0.4, -0.2) is 29.2 Å². The van der Waals surface area contributed by atoms with Crippen LogP contribution < -0.4 is 11.1 Å². The zero-order chi connectivity index (χ0) is 11.5. The first-order valence-electron chi connectivity index (χ1n) is 6.40. The smallest absolute Gasteiger partial charge is 0.220 e. The van der Waals surface area contributed by atoms with Crippen LogP contribution in [0.4, 0.5) is 0 Å². The van der Waals surface area contributed by atoms with E-state index in [0.717, 1.165) is 44.9 Å². The second-order valence-corrected chi connectivity index (χ2v) is 5.22. The van der Waals surface area contributed by atoms with Gasteiger partial charge in [0.15, 0.2) is 0 Å². The number of carbonyl (C=O) groups excluding carboxylic acids is 1. The van der Waals surface area contributed by atoms with Gasteiger partial charge in [0, 0.05) is 18.0 Å². The number of aliphatic hydroxyl groups excluding tert-OH is 1. The first kappa shape index (κ1) is 11.9. The molecule has 16 heavy (non-hydrogen) atoms. The minimum absolute atomic E-state index is 0.0755. The molecule has 4 heteroatoms. The van der Waals surface area contributed by atoms with E-state index in [9.17, 15) is 9.90 Å². The van der Waals surface area contributed by atoms with Crippen molar-refractivity contribution in [2.45, 2.75) is 63.1 Å². The molecular weight excluding hydrogens is 204 g/mol. The van der Waals surface area contributed by atoms with Gasteiger partial charge in [-0.05, 0) is 44.9 Å². The Morgan fingerprint density at radius 1 is 1.12 bits per heavy atom. The van der Waals surface area contributed by atoms with Gasteiger partial charge in [-0.15, -0.1) is 0 Å². The summed E-state index contributed by atoms with van der Waals surface area (Å²) < 4.78 is 0. The van der Waals surface area contributed by atoms with Crippen molar-refractivity contribution in [1.29, 1.82) is 0 Å². The maximum absolute atomic E-state index is 11.0. The Hall–Kier alpha value is -0.610. The highest BCUT2D eigenvalue weighted by Gasteiger charge is 2.30. The van der Waals surface area contributed by atoms with Gasteiger partial charge in [0.05, 0.1) is 6.10 Å². The summed E-state index contributed by atoms with van der Waals surface area (Å²) in [7, 11) is 0. The maximum Gasteiger partial charge on any atom is 0.220 e. The van der Waals surface area contributed by atoms with Gasteiger partial charge in [-0.1, -0.05) is 0 Å². The van der Waals surface area contributed by atoms with Crippen molar-refractivity contribution in [3.63, 3.8) is 0 Å². The largest absolute Gasteiger partial charge is 0.392 e. The summed E-state index contributed by atoms with van der Waals surface area (Å²) in [6.45, 7) is 0. The van der Waals surface area contributed by atoms with E-state index in [-0.39, 0.29) is 24.0 Å². The molecule has 2 aliphatic carbocycles. The summed E-state index contributed by atoms with van der Waals surface area (Å²) in [5.41, 5.74) is 5.30. The third-order valence-corrected chi connectivity index (χ3v) is 4.06. The van der Waals surface area contributed by atoms with E-state index in [4.69, 9.17) is 5.73 Å². The molecule has 2 aliphatic rings. The van der Waals surface area contributed by atoms with Crippen LogP contribution in [-0.2, 0) is 4.79 Å². The van der Waals surface area contributed by atoms with Gasteiger partial charge in [-0.3, -0.25) is 4.79 Å². The fourth-order valence-corrected chi connectivity index (χ4v) is 2.98. The van der Waals surface area contributed by atoms with E-state index in [1.54, 1.807) is 0 Å². The number of nitrogens with one attached hydrogen (secondary N) is 1.